The maximum Gasteiger partial charge on any atom is 0.243 e. The molecule has 11 nitrogen and oxygen atoms in total. The van der Waals surface area contributed by atoms with Gasteiger partial charge in [0.15, 0.2) is 5.82 Å². The van der Waals surface area contributed by atoms with Gasteiger partial charge in [0.05, 0.1) is 55.3 Å². The van der Waals surface area contributed by atoms with E-state index in [-0.39, 0.29) is 18.0 Å². The third-order valence-electron chi connectivity index (χ3n) is 6.16. The Morgan fingerprint density at radius 1 is 1.15 bits per heavy atom. The van der Waals surface area contributed by atoms with Crippen LogP contribution < -0.4 is 25.4 Å². The molecule has 1 aliphatic rings. The van der Waals surface area contributed by atoms with Gasteiger partial charge in [-0.2, -0.15) is 0 Å². The van der Waals surface area contributed by atoms with Crippen LogP contribution in [0.2, 0.25) is 10.0 Å². The van der Waals surface area contributed by atoms with Crippen molar-refractivity contribution in [1.29, 1.82) is 0 Å². The van der Waals surface area contributed by atoms with Crippen LogP contribution in [0.3, 0.4) is 0 Å². The zero-order valence-electron chi connectivity index (χ0n) is 22.2. The highest BCUT2D eigenvalue weighted by atomic mass is 35.5. The number of hydrogen-bond acceptors (Lipinski definition) is 10. The number of rotatable bonds is 11. The highest BCUT2D eigenvalue weighted by Gasteiger charge is 2.30. The van der Waals surface area contributed by atoms with Crippen molar-refractivity contribution in [3.63, 3.8) is 0 Å². The first-order valence-corrected chi connectivity index (χ1v) is 12.9. The fourth-order valence-electron chi connectivity index (χ4n) is 4.11. The SMILES string of the molecule is C=CC(=O)N[C@H]1COC[C@H]1Nc1ncc2cc(-c3c(Cl)c(OC)cc(OC)c3Cl)nc(NCCN(C)C)c2n1. The van der Waals surface area contributed by atoms with E-state index in [1.165, 1.54) is 20.3 Å². The van der Waals surface area contributed by atoms with Crippen LogP contribution in [0, 0.1) is 0 Å². The summed E-state index contributed by atoms with van der Waals surface area (Å²) in [4.78, 5) is 28.0. The highest BCUT2D eigenvalue weighted by Crippen LogP contribution is 2.46. The molecular weight excluding hydrogens is 545 g/mol. The van der Waals surface area contributed by atoms with Gasteiger partial charge in [-0.25, -0.2) is 15.0 Å². The average Bonchev–Trinajstić information content (AvgIpc) is 3.34. The monoisotopic (exact) mass is 575 g/mol. The fraction of sp³-hybridized carbons (Fsp3) is 0.385. The third kappa shape index (κ3) is 6.44. The molecule has 0 aliphatic carbocycles. The maximum absolute atomic E-state index is 11.8. The van der Waals surface area contributed by atoms with E-state index in [0.717, 1.165) is 6.54 Å². The predicted octanol–water partition coefficient (Wildman–Crippen LogP) is 3.47. The predicted molar refractivity (Wildman–Crippen MR) is 153 cm³/mol. The summed E-state index contributed by atoms with van der Waals surface area (Å²) in [5, 5.41) is 10.8. The number of anilines is 2. The van der Waals surface area contributed by atoms with Gasteiger partial charge in [0.25, 0.3) is 0 Å². The minimum Gasteiger partial charge on any atom is -0.495 e. The van der Waals surface area contributed by atoms with Gasteiger partial charge in [0.1, 0.15) is 17.0 Å². The van der Waals surface area contributed by atoms with Crippen molar-refractivity contribution in [1.82, 2.24) is 25.2 Å². The van der Waals surface area contributed by atoms with E-state index in [0.29, 0.717) is 75.2 Å². The molecule has 2 atom stereocenters. The smallest absolute Gasteiger partial charge is 0.243 e. The van der Waals surface area contributed by atoms with Gasteiger partial charge in [0.2, 0.25) is 11.9 Å². The first-order chi connectivity index (χ1) is 18.7. The minimum absolute atomic E-state index is 0.217. The molecule has 3 heterocycles. The number of amides is 1. The van der Waals surface area contributed by atoms with Crippen molar-refractivity contribution in [2.45, 2.75) is 12.1 Å². The fourth-order valence-corrected chi connectivity index (χ4v) is 4.81. The summed E-state index contributed by atoms with van der Waals surface area (Å²) < 4.78 is 16.4. The van der Waals surface area contributed by atoms with Gasteiger partial charge in [-0.3, -0.25) is 4.79 Å². The molecule has 208 valence electrons. The van der Waals surface area contributed by atoms with Crippen LogP contribution in [0.15, 0.2) is 31.0 Å². The normalized spacial score (nSPS) is 16.8. The molecule has 13 heteroatoms. The van der Waals surface area contributed by atoms with Gasteiger partial charge in [-0.1, -0.05) is 29.8 Å². The lowest BCUT2D eigenvalue weighted by Gasteiger charge is -2.20. The van der Waals surface area contributed by atoms with Crippen molar-refractivity contribution < 1.29 is 19.0 Å². The summed E-state index contributed by atoms with van der Waals surface area (Å²) in [5.41, 5.74) is 1.57. The summed E-state index contributed by atoms with van der Waals surface area (Å²) in [6, 6.07) is 2.98. The first-order valence-electron chi connectivity index (χ1n) is 12.2. The molecule has 0 saturated carbocycles. The number of aromatic nitrogens is 3. The van der Waals surface area contributed by atoms with Crippen LogP contribution >= 0.6 is 23.2 Å². The van der Waals surface area contributed by atoms with Gasteiger partial charge in [-0.05, 0) is 26.2 Å². The molecule has 1 saturated heterocycles. The van der Waals surface area contributed by atoms with Crippen molar-refractivity contribution in [3.05, 3.63) is 41.0 Å². The molecule has 39 heavy (non-hydrogen) atoms. The van der Waals surface area contributed by atoms with E-state index in [1.54, 1.807) is 12.3 Å². The van der Waals surface area contributed by atoms with Crippen molar-refractivity contribution >= 4 is 51.8 Å². The molecule has 4 rings (SSSR count). The molecule has 0 unspecified atom stereocenters. The summed E-state index contributed by atoms with van der Waals surface area (Å²) in [6.07, 6.45) is 2.92. The molecule has 1 amide bonds. The zero-order valence-corrected chi connectivity index (χ0v) is 23.7. The van der Waals surface area contributed by atoms with Crippen LogP contribution in [0.4, 0.5) is 11.8 Å². The van der Waals surface area contributed by atoms with Gasteiger partial charge in [-0.15, -0.1) is 0 Å². The number of carbonyl (C=O) groups is 1. The Labute approximate surface area is 236 Å². The van der Waals surface area contributed by atoms with Gasteiger partial charge < -0.3 is 35.1 Å². The van der Waals surface area contributed by atoms with Gasteiger partial charge in [0, 0.05) is 36.3 Å². The zero-order chi connectivity index (χ0) is 28.1. The molecule has 1 fully saturated rings. The van der Waals surface area contributed by atoms with Crippen LogP contribution in [0.5, 0.6) is 11.5 Å². The quantitative estimate of drug-likeness (QED) is 0.293. The molecule has 1 aliphatic heterocycles. The topological polar surface area (TPSA) is 123 Å². The van der Waals surface area contributed by atoms with Crippen LogP contribution in [-0.2, 0) is 9.53 Å². The van der Waals surface area contributed by atoms with Gasteiger partial charge >= 0.3 is 0 Å². The molecule has 3 N–H and O–H groups in total. The number of carbonyl (C=O) groups excluding carboxylic acids is 1. The maximum atomic E-state index is 11.8. The Kier molecular flexibility index (Phi) is 9.28. The highest BCUT2D eigenvalue weighted by molar-refractivity contribution is 6.41. The van der Waals surface area contributed by atoms with Crippen LogP contribution in [0.25, 0.3) is 22.2 Å². The number of nitrogens with one attached hydrogen (secondary N) is 3. The number of methoxy groups -OCH3 is 2. The standard InChI is InChI=1S/C26H31Cl2N7O4/c1-6-20(36)31-16-12-39-13-17(16)33-26-30-11-14-9-15(32-25(24(14)34-26)29-7-8-35(2)3)21-22(27)18(37-4)10-19(38-5)23(21)28/h6,9-11,16-17H,1,7-8,12-13H2,2-5H3,(H,29,32)(H,31,36)(H,30,33,34)/t16-,17+/m0/s1. The van der Waals surface area contributed by atoms with E-state index in [1.807, 2.05) is 20.2 Å². The van der Waals surface area contributed by atoms with Crippen LogP contribution in [-0.4, -0.2) is 92.5 Å². The molecule has 1 aromatic carbocycles. The molecule has 3 aromatic rings. The summed E-state index contributed by atoms with van der Waals surface area (Å²) in [5.74, 6) is 1.45. The summed E-state index contributed by atoms with van der Waals surface area (Å²) in [6.45, 7) is 5.65. The lowest BCUT2D eigenvalue weighted by molar-refractivity contribution is -0.117. The van der Waals surface area contributed by atoms with E-state index >= 15 is 0 Å². The second-order valence-electron chi connectivity index (χ2n) is 9.11. The number of likely N-dealkylation sites (N-methyl/N-ethyl adjacent to an activating group) is 1. The molecule has 0 spiro atoms. The Hall–Kier alpha value is -3.38. The lowest BCUT2D eigenvalue weighted by atomic mass is 10.1. The average molecular weight is 576 g/mol. The van der Waals surface area contributed by atoms with E-state index < -0.39 is 0 Å². The summed E-state index contributed by atoms with van der Waals surface area (Å²) >= 11 is 13.4. The Morgan fingerprint density at radius 2 is 1.85 bits per heavy atom. The number of pyridine rings is 1. The van der Waals surface area contributed by atoms with E-state index in [9.17, 15) is 4.79 Å². The van der Waals surface area contributed by atoms with E-state index in [4.69, 9.17) is 47.4 Å². The lowest BCUT2D eigenvalue weighted by Crippen LogP contribution is -2.45. The van der Waals surface area contributed by atoms with Crippen molar-refractivity contribution in [2.24, 2.45) is 0 Å². The Bertz CT molecular complexity index is 1340. The summed E-state index contributed by atoms with van der Waals surface area (Å²) in [7, 11) is 7.01. The Morgan fingerprint density at radius 3 is 2.49 bits per heavy atom. The number of fused-ring (bicyclic) bond motifs is 1. The van der Waals surface area contributed by atoms with E-state index in [2.05, 4.69) is 32.4 Å². The number of nitrogens with zero attached hydrogens (tertiary/aromatic N) is 4. The minimum atomic E-state index is -0.271. The molecule has 0 radical (unpaired) electrons. The number of hydrogen-bond donors (Lipinski definition) is 3. The van der Waals surface area contributed by atoms with Crippen molar-refractivity contribution in [3.8, 4) is 22.8 Å². The number of benzene rings is 1. The molecular formula is C26H31Cl2N7O4. The second kappa shape index (κ2) is 12.6. The van der Waals surface area contributed by atoms with Crippen LogP contribution in [0.1, 0.15) is 0 Å². The largest absolute Gasteiger partial charge is 0.495 e. The molecule has 2 aromatic heterocycles. The molecule has 0 bridgehead atoms. The number of halogens is 2. The number of ether oxygens (including phenoxy) is 3. The Balaban J connectivity index is 1.76. The third-order valence-corrected chi connectivity index (χ3v) is 6.91. The first kappa shape index (κ1) is 28.6. The second-order valence-corrected chi connectivity index (χ2v) is 9.87. The van der Waals surface area contributed by atoms with Crippen molar-refractivity contribution in [2.75, 3.05) is 65.3 Å².